The van der Waals surface area contributed by atoms with E-state index in [4.69, 9.17) is 4.42 Å². The molecule has 4 rings (SSSR count). The molecular formula is C21H21N3O3S. The van der Waals surface area contributed by atoms with Crippen molar-refractivity contribution in [3.8, 4) is 11.5 Å². The lowest BCUT2D eigenvalue weighted by molar-refractivity contribution is -0.134. The van der Waals surface area contributed by atoms with Crippen LogP contribution in [-0.2, 0) is 9.59 Å². The van der Waals surface area contributed by atoms with Crippen molar-refractivity contribution in [3.63, 3.8) is 0 Å². The van der Waals surface area contributed by atoms with E-state index in [-0.39, 0.29) is 11.8 Å². The topological polar surface area (TPSA) is 75.4 Å². The van der Waals surface area contributed by atoms with Gasteiger partial charge in [-0.1, -0.05) is 12.1 Å². The Balaban J connectivity index is 1.45. The summed E-state index contributed by atoms with van der Waals surface area (Å²) in [5.74, 6) is 0.838. The van der Waals surface area contributed by atoms with Crippen LogP contribution in [0.5, 0.6) is 0 Å². The van der Waals surface area contributed by atoms with Gasteiger partial charge in [0.2, 0.25) is 17.7 Å². The van der Waals surface area contributed by atoms with E-state index in [1.54, 1.807) is 4.90 Å². The molecule has 1 fully saturated rings. The monoisotopic (exact) mass is 395 g/mol. The largest absolute Gasteiger partial charge is 0.436 e. The smallest absolute Gasteiger partial charge is 0.247 e. The van der Waals surface area contributed by atoms with Crippen LogP contribution in [0.25, 0.3) is 22.6 Å². The number of para-hydroxylation sites is 2. The van der Waals surface area contributed by atoms with Crippen LogP contribution in [0.15, 0.2) is 52.9 Å². The van der Waals surface area contributed by atoms with E-state index >= 15 is 0 Å². The quantitative estimate of drug-likeness (QED) is 0.711. The van der Waals surface area contributed by atoms with Crippen LogP contribution in [0.3, 0.4) is 0 Å². The highest BCUT2D eigenvalue weighted by atomic mass is 32.2. The van der Waals surface area contributed by atoms with E-state index in [1.165, 1.54) is 11.8 Å². The fourth-order valence-electron chi connectivity index (χ4n) is 3.46. The second-order valence-corrected chi connectivity index (χ2v) is 7.60. The van der Waals surface area contributed by atoms with Crippen molar-refractivity contribution < 1.29 is 14.0 Å². The second kappa shape index (κ2) is 8.06. The Morgan fingerprint density at radius 2 is 2.00 bits per heavy atom. The fraction of sp³-hybridized carbons (Fsp3) is 0.286. The lowest BCUT2D eigenvalue weighted by Crippen LogP contribution is -2.43. The number of nitrogens with one attached hydrogen (secondary N) is 1. The van der Waals surface area contributed by atoms with Gasteiger partial charge in [0.1, 0.15) is 11.6 Å². The zero-order chi connectivity index (χ0) is 19.5. The summed E-state index contributed by atoms with van der Waals surface area (Å²) >= 11 is 1.48. The molecular weight excluding hydrogens is 374 g/mol. The van der Waals surface area contributed by atoms with E-state index in [0.717, 1.165) is 23.1 Å². The highest BCUT2D eigenvalue weighted by Gasteiger charge is 2.33. The molecule has 0 spiro atoms. The van der Waals surface area contributed by atoms with E-state index in [0.29, 0.717) is 30.3 Å². The summed E-state index contributed by atoms with van der Waals surface area (Å²) in [6.45, 7) is 0.647. The van der Waals surface area contributed by atoms with Crippen molar-refractivity contribution in [2.45, 2.75) is 18.9 Å². The van der Waals surface area contributed by atoms with Gasteiger partial charge in [0.15, 0.2) is 5.58 Å². The Morgan fingerprint density at radius 1 is 1.21 bits per heavy atom. The molecule has 0 aliphatic carbocycles. The molecule has 144 valence electrons. The molecule has 1 unspecified atom stereocenters. The predicted molar refractivity (Wildman–Crippen MR) is 111 cm³/mol. The Labute approximate surface area is 167 Å². The lowest BCUT2D eigenvalue weighted by atomic mass is 10.1. The van der Waals surface area contributed by atoms with Crippen LogP contribution in [-0.4, -0.2) is 46.3 Å². The number of carbonyl (C=O) groups excluding carboxylic acids is 2. The summed E-state index contributed by atoms with van der Waals surface area (Å²) in [5, 5.41) is 2.93. The van der Waals surface area contributed by atoms with Crippen LogP contribution < -0.4 is 5.32 Å². The second-order valence-electron chi connectivity index (χ2n) is 6.73. The molecule has 7 heteroatoms. The lowest BCUT2D eigenvalue weighted by Gasteiger charge is -2.23. The maximum Gasteiger partial charge on any atom is 0.247 e. The number of anilines is 1. The van der Waals surface area contributed by atoms with Gasteiger partial charge in [0, 0.05) is 17.8 Å². The fourth-order valence-corrected chi connectivity index (χ4v) is 3.87. The molecule has 2 heterocycles. The van der Waals surface area contributed by atoms with Gasteiger partial charge in [-0.15, -0.1) is 0 Å². The van der Waals surface area contributed by atoms with Gasteiger partial charge in [-0.3, -0.25) is 9.59 Å². The molecule has 3 aromatic rings. The molecule has 1 aromatic heterocycles. The zero-order valence-corrected chi connectivity index (χ0v) is 16.4. The molecule has 2 aromatic carbocycles. The average molecular weight is 395 g/mol. The molecule has 28 heavy (non-hydrogen) atoms. The molecule has 0 bridgehead atoms. The first-order valence-corrected chi connectivity index (χ1v) is 10.6. The number of amides is 2. The van der Waals surface area contributed by atoms with Crippen molar-refractivity contribution in [1.29, 1.82) is 0 Å². The maximum atomic E-state index is 12.7. The van der Waals surface area contributed by atoms with Crippen LogP contribution in [0.2, 0.25) is 0 Å². The summed E-state index contributed by atoms with van der Waals surface area (Å²) in [7, 11) is 0. The molecule has 1 N–H and O–H groups in total. The standard InChI is InChI=1S/C21H21N3O3S/c1-28-13-19(25)24-12-4-6-17(24)20(26)22-15-10-8-14(9-11-15)21-23-16-5-2-3-7-18(16)27-21/h2-3,5,7-11,17H,4,6,12-13H2,1H3,(H,22,26). The summed E-state index contributed by atoms with van der Waals surface area (Å²) in [6, 6.07) is 14.6. The molecule has 6 nitrogen and oxygen atoms in total. The summed E-state index contributed by atoms with van der Waals surface area (Å²) in [5.41, 5.74) is 3.08. The molecule has 0 saturated carbocycles. The molecule has 1 aliphatic heterocycles. The van der Waals surface area contributed by atoms with Gasteiger partial charge >= 0.3 is 0 Å². The Morgan fingerprint density at radius 3 is 2.75 bits per heavy atom. The summed E-state index contributed by atoms with van der Waals surface area (Å²) in [4.78, 5) is 31.0. The first-order valence-electron chi connectivity index (χ1n) is 9.21. The average Bonchev–Trinajstić information content (AvgIpc) is 3.36. The van der Waals surface area contributed by atoms with Crippen molar-refractivity contribution in [1.82, 2.24) is 9.88 Å². The summed E-state index contributed by atoms with van der Waals surface area (Å²) in [6.07, 6.45) is 3.45. The minimum Gasteiger partial charge on any atom is -0.436 e. The van der Waals surface area contributed by atoms with E-state index in [9.17, 15) is 9.59 Å². The molecule has 2 amide bonds. The number of rotatable bonds is 5. The number of aromatic nitrogens is 1. The van der Waals surface area contributed by atoms with Gasteiger partial charge in [0.05, 0.1) is 5.75 Å². The van der Waals surface area contributed by atoms with Gasteiger partial charge < -0.3 is 14.6 Å². The van der Waals surface area contributed by atoms with E-state index in [2.05, 4.69) is 10.3 Å². The van der Waals surface area contributed by atoms with Gasteiger partial charge in [0.25, 0.3) is 0 Å². The number of oxazole rings is 1. The van der Waals surface area contributed by atoms with E-state index in [1.807, 2.05) is 54.8 Å². The first kappa shape index (κ1) is 18.6. The minimum absolute atomic E-state index is 0.0245. The Hall–Kier alpha value is -2.80. The number of benzene rings is 2. The molecule has 0 radical (unpaired) electrons. The van der Waals surface area contributed by atoms with Crippen LogP contribution in [0, 0.1) is 0 Å². The van der Waals surface area contributed by atoms with Gasteiger partial charge in [-0.05, 0) is 55.5 Å². The van der Waals surface area contributed by atoms with Crippen molar-refractivity contribution in [3.05, 3.63) is 48.5 Å². The maximum absolute atomic E-state index is 12.7. The number of fused-ring (bicyclic) bond motifs is 1. The number of likely N-dealkylation sites (tertiary alicyclic amines) is 1. The molecule has 1 aliphatic rings. The molecule has 1 saturated heterocycles. The number of hydrogen-bond donors (Lipinski definition) is 1. The van der Waals surface area contributed by atoms with Gasteiger partial charge in [-0.25, -0.2) is 4.98 Å². The normalized spacial score (nSPS) is 16.5. The highest BCUT2D eigenvalue weighted by molar-refractivity contribution is 7.99. The van der Waals surface area contributed by atoms with Crippen molar-refractivity contribution in [2.24, 2.45) is 0 Å². The third-order valence-corrected chi connectivity index (χ3v) is 5.37. The van der Waals surface area contributed by atoms with Gasteiger partial charge in [-0.2, -0.15) is 11.8 Å². The van der Waals surface area contributed by atoms with Crippen molar-refractivity contribution >= 4 is 40.4 Å². The molecule has 1 atom stereocenters. The van der Waals surface area contributed by atoms with Crippen LogP contribution in [0.4, 0.5) is 5.69 Å². The van der Waals surface area contributed by atoms with Crippen LogP contribution in [0.1, 0.15) is 12.8 Å². The number of carbonyl (C=O) groups is 2. The van der Waals surface area contributed by atoms with E-state index < -0.39 is 6.04 Å². The number of thioether (sulfide) groups is 1. The minimum atomic E-state index is -0.392. The predicted octanol–water partition coefficient (Wildman–Crippen LogP) is 3.79. The third-order valence-electron chi connectivity index (χ3n) is 4.84. The SMILES string of the molecule is CSCC(=O)N1CCCC1C(=O)Nc1ccc(-c2nc3ccccc3o2)cc1. The Kier molecular flexibility index (Phi) is 5.34. The first-order chi connectivity index (χ1) is 13.7. The third kappa shape index (κ3) is 3.75. The van der Waals surface area contributed by atoms with Crippen LogP contribution >= 0.6 is 11.8 Å². The number of nitrogens with zero attached hydrogens (tertiary/aromatic N) is 2. The Bertz CT molecular complexity index is 967. The van der Waals surface area contributed by atoms with Crippen molar-refractivity contribution in [2.75, 3.05) is 23.9 Å². The number of hydrogen-bond acceptors (Lipinski definition) is 5. The summed E-state index contributed by atoms with van der Waals surface area (Å²) < 4.78 is 5.78. The highest BCUT2D eigenvalue weighted by Crippen LogP contribution is 2.26. The zero-order valence-electron chi connectivity index (χ0n) is 15.6.